The number of imidazole rings is 2. The summed E-state index contributed by atoms with van der Waals surface area (Å²) >= 11 is 0. The van der Waals surface area contributed by atoms with Crippen LogP contribution in [0.1, 0.15) is 11.6 Å². The van der Waals surface area contributed by atoms with Crippen molar-refractivity contribution in [1.82, 2.24) is 19.9 Å². The van der Waals surface area contributed by atoms with Crippen LogP contribution in [0.2, 0.25) is 0 Å². The van der Waals surface area contributed by atoms with Gasteiger partial charge in [0, 0.05) is 35.6 Å². The van der Waals surface area contributed by atoms with Gasteiger partial charge in [0.1, 0.15) is 31.9 Å². The molecule has 4 rings (SSSR count). The Morgan fingerprint density at radius 2 is 0.971 bits per heavy atom. The fourth-order valence-electron chi connectivity index (χ4n) is 2.38. The van der Waals surface area contributed by atoms with Crippen molar-refractivity contribution in [2.75, 3.05) is 0 Å². The molecule has 0 saturated carbocycles. The second-order valence-electron chi connectivity index (χ2n) is 5.86. The summed E-state index contributed by atoms with van der Waals surface area (Å²) in [5.41, 5.74) is 0. The van der Waals surface area contributed by atoms with Crippen LogP contribution < -0.4 is 0 Å². The molecule has 0 atom stereocenters. The van der Waals surface area contributed by atoms with Gasteiger partial charge in [-0.2, -0.15) is 0 Å². The third-order valence-electron chi connectivity index (χ3n) is 3.65. The molecule has 0 amide bonds. The zero-order chi connectivity index (χ0) is 22.4. The minimum atomic E-state index is -4.74. The van der Waals surface area contributed by atoms with E-state index in [4.69, 9.17) is 0 Å². The Hall–Kier alpha value is -2.71. The average molecular weight is 586 g/mol. The molecule has 2 heterocycles. The summed E-state index contributed by atoms with van der Waals surface area (Å²) in [5, 5.41) is -0.158. The quantitative estimate of drug-likeness (QED) is 0.203. The molecule has 1 radical (unpaired) electrons. The molecule has 0 fully saturated rings. The second kappa shape index (κ2) is 16.8. The van der Waals surface area contributed by atoms with Crippen LogP contribution in [0.3, 0.4) is 0 Å². The molecule has 0 bridgehead atoms. The molecule has 17 heteroatoms. The average Bonchev–Trinajstić information content (AvgIpc) is 3.33. The first-order valence-electron chi connectivity index (χ1n) is 8.35. The second-order valence-corrected chi connectivity index (χ2v) is 8.56. The van der Waals surface area contributed by atoms with Crippen molar-refractivity contribution in [3.63, 3.8) is 0 Å². The van der Waals surface area contributed by atoms with E-state index in [0.717, 1.165) is 23.8 Å². The molecule has 0 aliphatic carbocycles. The number of hydrogen-bond acceptors (Lipinski definition) is 8. The van der Waals surface area contributed by atoms with Gasteiger partial charge in [0.05, 0.1) is 9.79 Å². The number of nitrogens with one attached hydrogen (secondary N) is 2. The van der Waals surface area contributed by atoms with Crippen LogP contribution in [0.4, 0.5) is 0 Å². The molecule has 14 nitrogen and oxygen atoms in total. The van der Waals surface area contributed by atoms with E-state index in [1.165, 1.54) is 24.3 Å². The van der Waals surface area contributed by atoms with Gasteiger partial charge in [0.15, 0.2) is 0 Å². The van der Waals surface area contributed by atoms with Crippen molar-refractivity contribution in [3.8, 4) is 0 Å². The number of fused-ring (bicyclic) bond motifs is 1. The smallest absolute Gasteiger partial charge is 0.744 e. The van der Waals surface area contributed by atoms with Gasteiger partial charge in [0.2, 0.25) is 0 Å². The number of aromatic amines is 2. The molecule has 0 spiro atoms. The Morgan fingerprint density at radius 1 is 0.657 bits per heavy atom. The number of aromatic nitrogens is 4. The standard InChI is InChI=1S/C10H8O6S2.2C4H6N2.Co.4H2O/c11-17(12,13)9-5-1-3-7-8(9)4-2-6-10(7)18(14,15)16;2*1-4-5-2-3-6-4;;;;;/h1-6H,(H,11,12,13)(H,14,15,16);2*2-3H,1H3,(H,5,6);;4*1H2/q;;;+2;;;;/p+2. The summed E-state index contributed by atoms with van der Waals surface area (Å²) in [7, 11) is -9.48. The van der Waals surface area contributed by atoms with Gasteiger partial charge in [-0.05, 0) is 26.0 Å². The Labute approximate surface area is 211 Å². The number of aryl methyl sites for hydroxylation is 2. The molecule has 35 heavy (non-hydrogen) atoms. The van der Waals surface area contributed by atoms with Crippen LogP contribution in [-0.4, -0.2) is 45.9 Å². The van der Waals surface area contributed by atoms with Crippen LogP contribution in [0, 0.1) is 13.8 Å². The summed E-state index contributed by atoms with van der Waals surface area (Å²) in [4.78, 5) is 12.4. The van der Waals surface area contributed by atoms with Crippen LogP contribution in [0.5, 0.6) is 0 Å². The maximum Gasteiger partial charge on any atom is 2.00 e. The SMILES string of the molecule is Cc1ncc[nH]1.Cc1ncc[nH]1.O=S(=O)([O-])c1cccc2c(S(=O)(=O)[O-])cccc12.[Co+2].[OH3+].[OH3+].[OH3+].[OH3+]. The largest absolute Gasteiger partial charge is 2.00 e. The molecule has 0 aliphatic rings. The van der Waals surface area contributed by atoms with Crippen molar-refractivity contribution in [3.05, 3.63) is 72.8 Å². The molecule has 0 aliphatic heterocycles. The van der Waals surface area contributed by atoms with E-state index in [0.29, 0.717) is 0 Å². The van der Waals surface area contributed by atoms with Crippen molar-refractivity contribution in [2.45, 2.75) is 23.6 Å². The molecular formula is C18H30CoN4O10S2+4. The van der Waals surface area contributed by atoms with Crippen LogP contribution >= 0.6 is 0 Å². The van der Waals surface area contributed by atoms with Gasteiger partial charge >= 0.3 is 16.8 Å². The normalized spacial score (nSPS) is 9.60. The predicted octanol–water partition coefficient (Wildman–Crippen LogP) is -1.61. The van der Waals surface area contributed by atoms with E-state index in [9.17, 15) is 25.9 Å². The van der Waals surface area contributed by atoms with Gasteiger partial charge in [-0.3, -0.25) is 0 Å². The van der Waals surface area contributed by atoms with Crippen LogP contribution in [0.25, 0.3) is 10.8 Å². The monoisotopic (exact) mass is 585 g/mol. The van der Waals surface area contributed by atoms with Gasteiger partial charge in [-0.1, -0.05) is 24.3 Å². The number of H-pyrrole nitrogens is 2. The first kappa shape index (κ1) is 39.5. The summed E-state index contributed by atoms with van der Waals surface area (Å²) < 4.78 is 66.1. The van der Waals surface area contributed by atoms with Crippen LogP contribution in [-0.2, 0) is 58.9 Å². The van der Waals surface area contributed by atoms with Gasteiger partial charge in [0.25, 0.3) is 0 Å². The fraction of sp³-hybridized carbons (Fsp3) is 0.111. The van der Waals surface area contributed by atoms with Gasteiger partial charge in [-0.15, -0.1) is 0 Å². The number of rotatable bonds is 2. The maximum atomic E-state index is 11.0. The number of benzene rings is 2. The maximum absolute atomic E-state index is 11.0. The van der Waals surface area contributed by atoms with E-state index in [2.05, 4.69) is 19.9 Å². The van der Waals surface area contributed by atoms with E-state index in [-0.39, 0.29) is 49.5 Å². The summed E-state index contributed by atoms with van der Waals surface area (Å²) in [6, 6.07) is 7.09. The van der Waals surface area contributed by atoms with Crippen molar-refractivity contribution >= 4 is 31.0 Å². The Morgan fingerprint density at radius 3 is 1.14 bits per heavy atom. The minimum absolute atomic E-state index is 0. The minimum Gasteiger partial charge on any atom is -0.744 e. The zero-order valence-corrected chi connectivity index (χ0v) is 21.3. The van der Waals surface area contributed by atoms with Gasteiger partial charge < -0.3 is 41.0 Å². The van der Waals surface area contributed by atoms with E-state index in [1.54, 1.807) is 24.8 Å². The number of hydrogen-bond donors (Lipinski definition) is 2. The Balaban J connectivity index is -0.000000237. The van der Waals surface area contributed by atoms with Crippen molar-refractivity contribution in [1.29, 1.82) is 0 Å². The third-order valence-corrected chi connectivity index (χ3v) is 5.44. The van der Waals surface area contributed by atoms with E-state index in [1.807, 2.05) is 13.8 Å². The molecule has 4 aromatic rings. The zero-order valence-electron chi connectivity index (χ0n) is 18.6. The first-order chi connectivity index (χ1) is 14.0. The number of nitrogens with zero attached hydrogens (tertiary/aromatic N) is 2. The van der Waals surface area contributed by atoms with Crippen LogP contribution in [0.15, 0.2) is 71.0 Å². The first-order valence-corrected chi connectivity index (χ1v) is 11.2. The summed E-state index contributed by atoms with van der Waals surface area (Å²) in [5.74, 6) is 1.94. The fourth-order valence-corrected chi connectivity index (χ4v) is 3.76. The molecule has 199 valence electrons. The van der Waals surface area contributed by atoms with Gasteiger partial charge in [-0.25, -0.2) is 26.8 Å². The molecule has 14 N–H and O–H groups in total. The molecule has 2 aromatic heterocycles. The van der Waals surface area contributed by atoms with Crippen molar-refractivity contribution < 1.29 is 64.6 Å². The van der Waals surface area contributed by atoms with E-state index < -0.39 is 30.0 Å². The van der Waals surface area contributed by atoms with E-state index >= 15 is 0 Å². The third kappa shape index (κ3) is 12.0. The molecule has 0 saturated heterocycles. The Bertz CT molecular complexity index is 1210. The summed E-state index contributed by atoms with van der Waals surface area (Å²) in [6.07, 6.45) is 7.06. The molecule has 2 aromatic carbocycles. The Kier molecular flexibility index (Phi) is 19.0. The molecular weight excluding hydrogens is 555 g/mol. The molecule has 0 unspecified atom stereocenters. The predicted molar refractivity (Wildman–Crippen MR) is 126 cm³/mol. The summed E-state index contributed by atoms with van der Waals surface area (Å²) in [6.45, 7) is 3.83. The van der Waals surface area contributed by atoms with Crippen molar-refractivity contribution in [2.24, 2.45) is 0 Å². The topological polar surface area (TPSA) is 304 Å².